The first-order valence-electron chi connectivity index (χ1n) is 5.57. The Kier molecular flexibility index (Phi) is 4.38. The molecule has 0 fully saturated rings. The number of thioether (sulfide) groups is 1. The number of nitrogens with zero attached hydrogens (tertiary/aromatic N) is 2. The number of halogens is 2. The first kappa shape index (κ1) is 14.1. The Balaban J connectivity index is 2.34. The molecule has 1 aromatic heterocycles. The summed E-state index contributed by atoms with van der Waals surface area (Å²) < 4.78 is 25.0. The normalized spacial score (nSPS) is 10.3. The van der Waals surface area contributed by atoms with Crippen LogP contribution in [-0.2, 0) is 0 Å². The Morgan fingerprint density at radius 2 is 2.05 bits per heavy atom. The SMILES string of the molecule is N#Cc1ccnc(Nc2ccccc2SC(F)F)c1N. The Hall–Kier alpha value is -2.33. The molecule has 0 atom stereocenters. The number of hydrogen-bond acceptors (Lipinski definition) is 5. The molecule has 1 aromatic carbocycles. The molecule has 0 saturated carbocycles. The minimum Gasteiger partial charge on any atom is -0.395 e. The fourth-order valence-corrected chi connectivity index (χ4v) is 2.16. The third-order valence-electron chi connectivity index (χ3n) is 2.47. The lowest BCUT2D eigenvalue weighted by molar-refractivity contribution is 0.252. The number of rotatable bonds is 4. The van der Waals surface area contributed by atoms with Crippen molar-refractivity contribution in [3.8, 4) is 6.07 Å². The standard InChI is InChI=1S/C13H10F2N4S/c14-13(15)20-10-4-2-1-3-9(10)19-12-11(17)8(7-16)5-6-18-12/h1-6,13H,17H2,(H,18,19). The molecule has 0 aliphatic heterocycles. The minimum absolute atomic E-state index is 0.187. The number of nitrogens with two attached hydrogens (primary N) is 1. The van der Waals surface area contributed by atoms with E-state index in [1.54, 1.807) is 24.3 Å². The molecule has 20 heavy (non-hydrogen) atoms. The van der Waals surface area contributed by atoms with Crippen molar-refractivity contribution in [1.29, 1.82) is 5.26 Å². The van der Waals surface area contributed by atoms with E-state index in [-0.39, 0.29) is 17.1 Å². The molecule has 102 valence electrons. The van der Waals surface area contributed by atoms with Gasteiger partial charge in [0.05, 0.1) is 16.9 Å². The number of aromatic nitrogens is 1. The van der Waals surface area contributed by atoms with E-state index in [0.29, 0.717) is 22.3 Å². The van der Waals surface area contributed by atoms with Crippen molar-refractivity contribution in [2.75, 3.05) is 11.1 Å². The topological polar surface area (TPSA) is 74.7 Å². The zero-order chi connectivity index (χ0) is 14.5. The highest BCUT2D eigenvalue weighted by Gasteiger charge is 2.12. The van der Waals surface area contributed by atoms with Crippen LogP contribution in [0.1, 0.15) is 5.56 Å². The summed E-state index contributed by atoms with van der Waals surface area (Å²) in [5, 5.41) is 11.8. The molecule has 2 aromatic rings. The van der Waals surface area contributed by atoms with Gasteiger partial charge in [-0.3, -0.25) is 0 Å². The van der Waals surface area contributed by atoms with E-state index in [4.69, 9.17) is 11.0 Å². The third-order valence-corrected chi connectivity index (χ3v) is 3.25. The number of nitriles is 1. The van der Waals surface area contributed by atoms with Gasteiger partial charge in [0, 0.05) is 11.1 Å². The van der Waals surface area contributed by atoms with Crippen LogP contribution >= 0.6 is 11.8 Å². The van der Waals surface area contributed by atoms with Gasteiger partial charge in [-0.25, -0.2) is 4.98 Å². The minimum atomic E-state index is -2.52. The van der Waals surface area contributed by atoms with Crippen LogP contribution in [0.3, 0.4) is 0 Å². The highest BCUT2D eigenvalue weighted by Crippen LogP contribution is 2.34. The number of nitrogens with one attached hydrogen (secondary N) is 1. The number of hydrogen-bond donors (Lipinski definition) is 2. The summed E-state index contributed by atoms with van der Waals surface area (Å²) in [4.78, 5) is 4.40. The summed E-state index contributed by atoms with van der Waals surface area (Å²) in [6.45, 7) is 0. The van der Waals surface area contributed by atoms with Gasteiger partial charge < -0.3 is 11.1 Å². The summed E-state index contributed by atoms with van der Waals surface area (Å²) in [7, 11) is 0. The average Bonchev–Trinajstić information content (AvgIpc) is 2.42. The Morgan fingerprint density at radius 1 is 1.30 bits per heavy atom. The maximum Gasteiger partial charge on any atom is 0.288 e. The van der Waals surface area contributed by atoms with E-state index in [0.717, 1.165) is 0 Å². The lowest BCUT2D eigenvalue weighted by Crippen LogP contribution is -2.02. The van der Waals surface area contributed by atoms with Crippen LogP contribution in [-0.4, -0.2) is 10.7 Å². The van der Waals surface area contributed by atoms with E-state index < -0.39 is 5.76 Å². The quantitative estimate of drug-likeness (QED) is 0.842. The zero-order valence-electron chi connectivity index (χ0n) is 10.2. The molecule has 1 heterocycles. The fourth-order valence-electron chi connectivity index (χ4n) is 1.57. The number of anilines is 3. The highest BCUT2D eigenvalue weighted by atomic mass is 32.2. The van der Waals surface area contributed by atoms with Crippen molar-refractivity contribution in [3.63, 3.8) is 0 Å². The maximum absolute atomic E-state index is 12.5. The molecule has 0 spiro atoms. The fraction of sp³-hybridized carbons (Fsp3) is 0.0769. The predicted octanol–water partition coefficient (Wildman–Crippen LogP) is 3.59. The molecule has 0 saturated heterocycles. The largest absolute Gasteiger partial charge is 0.395 e. The Morgan fingerprint density at radius 3 is 2.75 bits per heavy atom. The van der Waals surface area contributed by atoms with Crippen molar-refractivity contribution in [2.45, 2.75) is 10.7 Å². The Labute approximate surface area is 118 Å². The molecule has 0 bridgehead atoms. The summed E-state index contributed by atoms with van der Waals surface area (Å²) in [5.41, 5.74) is 6.72. The van der Waals surface area contributed by atoms with Gasteiger partial charge in [0.2, 0.25) is 0 Å². The smallest absolute Gasteiger partial charge is 0.288 e. The molecule has 4 nitrogen and oxygen atoms in total. The monoisotopic (exact) mass is 292 g/mol. The van der Waals surface area contributed by atoms with E-state index in [1.807, 2.05) is 6.07 Å². The van der Waals surface area contributed by atoms with Crippen LogP contribution in [0.5, 0.6) is 0 Å². The molecule has 2 rings (SSSR count). The summed E-state index contributed by atoms with van der Waals surface area (Å²) >= 11 is 0.431. The van der Waals surface area contributed by atoms with E-state index >= 15 is 0 Å². The van der Waals surface area contributed by atoms with Gasteiger partial charge in [-0.05, 0) is 18.2 Å². The van der Waals surface area contributed by atoms with Crippen LogP contribution in [0, 0.1) is 11.3 Å². The Bertz CT molecular complexity index is 655. The van der Waals surface area contributed by atoms with Gasteiger partial charge in [0.15, 0.2) is 5.82 Å². The van der Waals surface area contributed by atoms with Crippen LogP contribution in [0.25, 0.3) is 0 Å². The lowest BCUT2D eigenvalue weighted by atomic mass is 10.2. The van der Waals surface area contributed by atoms with Crippen molar-refractivity contribution < 1.29 is 8.78 Å². The highest BCUT2D eigenvalue weighted by molar-refractivity contribution is 7.99. The van der Waals surface area contributed by atoms with E-state index in [1.165, 1.54) is 12.3 Å². The first-order valence-corrected chi connectivity index (χ1v) is 6.45. The van der Waals surface area contributed by atoms with Crippen molar-refractivity contribution >= 4 is 29.0 Å². The lowest BCUT2D eigenvalue weighted by Gasteiger charge is -2.12. The predicted molar refractivity (Wildman–Crippen MR) is 75.0 cm³/mol. The molecule has 3 N–H and O–H groups in total. The number of benzene rings is 1. The van der Waals surface area contributed by atoms with Gasteiger partial charge in [0.25, 0.3) is 5.76 Å². The average molecular weight is 292 g/mol. The molecule has 7 heteroatoms. The van der Waals surface area contributed by atoms with Crippen LogP contribution in [0.15, 0.2) is 41.4 Å². The molecular formula is C13H10F2N4S. The van der Waals surface area contributed by atoms with Gasteiger partial charge in [-0.15, -0.1) is 0 Å². The van der Waals surface area contributed by atoms with Crippen LogP contribution < -0.4 is 11.1 Å². The molecule has 0 unspecified atom stereocenters. The number of nitrogen functional groups attached to an aromatic ring is 1. The van der Waals surface area contributed by atoms with Gasteiger partial charge >= 0.3 is 0 Å². The van der Waals surface area contributed by atoms with Gasteiger partial charge in [-0.2, -0.15) is 14.0 Å². The molecular weight excluding hydrogens is 282 g/mol. The first-order chi connectivity index (χ1) is 9.61. The molecule has 0 radical (unpaired) electrons. The van der Waals surface area contributed by atoms with Crippen molar-refractivity contribution in [3.05, 3.63) is 42.1 Å². The number of pyridine rings is 1. The van der Waals surface area contributed by atoms with E-state index in [9.17, 15) is 8.78 Å². The second-order valence-electron chi connectivity index (χ2n) is 3.73. The van der Waals surface area contributed by atoms with E-state index in [2.05, 4.69) is 10.3 Å². The third kappa shape index (κ3) is 3.16. The van der Waals surface area contributed by atoms with Crippen molar-refractivity contribution in [2.24, 2.45) is 0 Å². The second-order valence-corrected chi connectivity index (χ2v) is 4.76. The van der Waals surface area contributed by atoms with Gasteiger partial charge in [0.1, 0.15) is 6.07 Å². The maximum atomic E-state index is 12.5. The molecule has 0 amide bonds. The summed E-state index contributed by atoms with van der Waals surface area (Å²) in [6, 6.07) is 10.0. The van der Waals surface area contributed by atoms with Crippen molar-refractivity contribution in [1.82, 2.24) is 4.98 Å². The second kappa shape index (κ2) is 6.21. The molecule has 0 aliphatic carbocycles. The summed E-state index contributed by atoms with van der Waals surface area (Å²) in [5.74, 6) is -2.25. The van der Waals surface area contributed by atoms with Crippen LogP contribution in [0.4, 0.5) is 26.0 Å². The molecule has 0 aliphatic rings. The number of para-hydroxylation sites is 1. The van der Waals surface area contributed by atoms with Crippen LogP contribution in [0.2, 0.25) is 0 Å². The summed E-state index contributed by atoms with van der Waals surface area (Å²) in [6.07, 6.45) is 1.43. The van der Waals surface area contributed by atoms with Gasteiger partial charge in [-0.1, -0.05) is 23.9 Å². The zero-order valence-corrected chi connectivity index (χ0v) is 11.0. The number of alkyl halides is 2.